The van der Waals surface area contributed by atoms with Crippen LogP contribution in [0.3, 0.4) is 0 Å². The van der Waals surface area contributed by atoms with Crippen LogP contribution in [-0.4, -0.2) is 62.7 Å². The van der Waals surface area contributed by atoms with Gasteiger partial charge in [-0.2, -0.15) is 0 Å². The lowest BCUT2D eigenvalue weighted by molar-refractivity contribution is -0.00985. The minimum absolute atomic E-state index is 0.0286. The van der Waals surface area contributed by atoms with Crippen LogP contribution in [0.4, 0.5) is 0 Å². The van der Waals surface area contributed by atoms with Crippen LogP contribution in [0.15, 0.2) is 24.3 Å². The van der Waals surface area contributed by atoms with Crippen LogP contribution < -0.4 is 9.47 Å². The van der Waals surface area contributed by atoms with E-state index < -0.39 is 0 Å². The van der Waals surface area contributed by atoms with Gasteiger partial charge >= 0.3 is 0 Å². The van der Waals surface area contributed by atoms with Crippen molar-refractivity contribution in [1.29, 1.82) is 0 Å². The average Bonchev–Trinajstić information content (AvgIpc) is 3.04. The van der Waals surface area contributed by atoms with E-state index in [4.69, 9.17) is 14.2 Å². The van der Waals surface area contributed by atoms with E-state index >= 15 is 0 Å². The highest BCUT2D eigenvalue weighted by Gasteiger charge is 2.20. The fraction of sp³-hybridized carbons (Fsp3) is 0.842. The molecule has 0 fully saturated rings. The highest BCUT2D eigenvalue weighted by Crippen LogP contribution is 2.23. The molecule has 43 heavy (non-hydrogen) atoms. The van der Waals surface area contributed by atoms with Gasteiger partial charge in [-0.3, -0.25) is 9.80 Å². The molecule has 0 saturated heterocycles. The van der Waals surface area contributed by atoms with Gasteiger partial charge < -0.3 is 14.2 Å². The number of rotatable bonds is 24. The van der Waals surface area contributed by atoms with Crippen LogP contribution in [0.1, 0.15) is 155 Å². The molecular weight excluding hydrogens is 532 g/mol. The zero-order valence-electron chi connectivity index (χ0n) is 29.0. The van der Waals surface area contributed by atoms with Gasteiger partial charge in [-0.15, -0.1) is 0 Å². The summed E-state index contributed by atoms with van der Waals surface area (Å²) >= 11 is 0. The van der Waals surface area contributed by atoms with Crippen molar-refractivity contribution in [1.82, 2.24) is 9.80 Å². The van der Waals surface area contributed by atoms with Crippen molar-refractivity contribution in [2.45, 2.75) is 168 Å². The Balaban J connectivity index is 1.68. The topological polar surface area (TPSA) is 34.2 Å². The molecule has 0 radical (unpaired) electrons. The first-order valence-corrected chi connectivity index (χ1v) is 18.6. The molecule has 0 saturated carbocycles. The molecular formula is C38H70N2O3. The lowest BCUT2D eigenvalue weighted by Gasteiger charge is -2.29. The van der Waals surface area contributed by atoms with Gasteiger partial charge in [0.05, 0.1) is 13.2 Å². The van der Waals surface area contributed by atoms with Crippen molar-refractivity contribution in [2.24, 2.45) is 0 Å². The van der Waals surface area contributed by atoms with Crippen molar-refractivity contribution < 1.29 is 14.2 Å². The second-order valence-corrected chi connectivity index (χ2v) is 13.1. The molecule has 3 rings (SSSR count). The molecule has 2 atom stereocenters. The van der Waals surface area contributed by atoms with Gasteiger partial charge in [0.25, 0.3) is 0 Å². The van der Waals surface area contributed by atoms with Crippen molar-refractivity contribution in [3.8, 4) is 11.5 Å². The van der Waals surface area contributed by atoms with Crippen molar-refractivity contribution in [3.63, 3.8) is 0 Å². The number of hydrogen-bond acceptors (Lipinski definition) is 5. The SMILES string of the molecule is CCCCCCCCCCCCN(C)C1CCOCCC(N(C)CCCCCCCCCCCC)Oc2ccc(cc2)O1. The predicted molar refractivity (Wildman–Crippen MR) is 184 cm³/mol. The van der Waals surface area contributed by atoms with Crippen molar-refractivity contribution in [3.05, 3.63) is 24.3 Å². The Morgan fingerprint density at radius 3 is 1.12 bits per heavy atom. The standard InChI is InChI=1S/C38H70N2O3/c1-5-7-9-11-13-15-17-19-21-23-31-39(3)37-29-33-41-34-30-38(43-36-27-25-35(42-37)26-28-36)40(4)32-24-22-20-18-16-14-12-10-8-6-2/h25-28,37-38H,5-24,29-34H2,1-4H3. The van der Waals surface area contributed by atoms with Crippen LogP contribution >= 0.6 is 0 Å². The number of benzene rings is 1. The van der Waals surface area contributed by atoms with Gasteiger partial charge in [-0.1, -0.05) is 129 Å². The summed E-state index contributed by atoms with van der Waals surface area (Å²) < 4.78 is 19.1. The summed E-state index contributed by atoms with van der Waals surface area (Å²) in [6.07, 6.45) is 29.1. The summed E-state index contributed by atoms with van der Waals surface area (Å²) in [5, 5.41) is 0. The highest BCUT2D eigenvalue weighted by atomic mass is 16.5. The summed E-state index contributed by atoms with van der Waals surface area (Å²) in [5.41, 5.74) is 0. The molecule has 1 aromatic rings. The Labute approximate surface area is 267 Å². The minimum atomic E-state index is 0.0286. The summed E-state index contributed by atoms with van der Waals surface area (Å²) in [6, 6.07) is 8.26. The normalized spacial score (nSPS) is 17.8. The fourth-order valence-electron chi connectivity index (χ4n) is 6.11. The number of nitrogens with zero attached hydrogens (tertiary/aromatic N) is 2. The Kier molecular flexibility index (Phi) is 22.9. The van der Waals surface area contributed by atoms with Crippen molar-refractivity contribution >= 4 is 0 Å². The van der Waals surface area contributed by atoms with Crippen LogP contribution in [-0.2, 0) is 4.74 Å². The lowest BCUT2D eigenvalue weighted by Crippen LogP contribution is -2.39. The third-order valence-electron chi connectivity index (χ3n) is 9.10. The number of hydrogen-bond donors (Lipinski definition) is 0. The number of ether oxygens (including phenoxy) is 3. The van der Waals surface area contributed by atoms with E-state index in [9.17, 15) is 0 Å². The number of fused-ring (bicyclic) bond motifs is 10. The molecule has 2 heterocycles. The number of unbranched alkanes of at least 4 members (excludes halogenated alkanes) is 18. The molecule has 2 aliphatic heterocycles. The molecule has 2 unspecified atom stereocenters. The van der Waals surface area contributed by atoms with Gasteiger partial charge in [0.15, 0.2) is 12.5 Å². The summed E-state index contributed by atoms with van der Waals surface area (Å²) in [6.45, 7) is 8.12. The van der Waals surface area contributed by atoms with Gasteiger partial charge in [0.1, 0.15) is 11.5 Å². The quantitative estimate of drug-likeness (QED) is 0.110. The molecule has 0 aliphatic carbocycles. The highest BCUT2D eigenvalue weighted by molar-refractivity contribution is 5.31. The molecule has 0 amide bonds. The Bertz CT molecular complexity index is 682. The first-order chi connectivity index (χ1) is 21.1. The van der Waals surface area contributed by atoms with E-state index in [1.54, 1.807) is 0 Å². The minimum Gasteiger partial charge on any atom is -0.475 e. The Morgan fingerprint density at radius 1 is 0.488 bits per heavy atom. The fourth-order valence-corrected chi connectivity index (χ4v) is 6.11. The predicted octanol–water partition coefficient (Wildman–Crippen LogP) is 10.6. The molecule has 2 aliphatic rings. The Hall–Kier alpha value is -1.30. The molecule has 5 nitrogen and oxygen atoms in total. The maximum Gasteiger partial charge on any atom is 0.154 e. The molecule has 0 aromatic heterocycles. The average molecular weight is 603 g/mol. The molecule has 1 aromatic carbocycles. The second kappa shape index (κ2) is 26.0. The third kappa shape index (κ3) is 19.0. The molecule has 5 heteroatoms. The molecule has 0 spiro atoms. The van der Waals surface area contributed by atoms with E-state index in [1.807, 2.05) is 0 Å². The smallest absolute Gasteiger partial charge is 0.154 e. The van der Waals surface area contributed by atoms with Crippen molar-refractivity contribution in [2.75, 3.05) is 40.4 Å². The van der Waals surface area contributed by atoms with Crippen LogP contribution in [0.5, 0.6) is 11.5 Å². The zero-order valence-corrected chi connectivity index (χ0v) is 29.0. The zero-order chi connectivity index (χ0) is 30.8. The molecule has 0 N–H and O–H groups in total. The first-order valence-electron chi connectivity index (χ1n) is 18.6. The maximum absolute atomic E-state index is 6.46. The van der Waals surface area contributed by atoms with E-state index in [0.717, 1.165) is 37.4 Å². The van der Waals surface area contributed by atoms with Gasteiger partial charge in [0.2, 0.25) is 0 Å². The summed E-state index contributed by atoms with van der Waals surface area (Å²) in [4.78, 5) is 4.75. The van der Waals surface area contributed by atoms with E-state index in [1.165, 1.54) is 128 Å². The van der Waals surface area contributed by atoms with Crippen LogP contribution in [0, 0.1) is 0 Å². The first kappa shape index (κ1) is 37.9. The van der Waals surface area contributed by atoms with E-state index in [2.05, 4.69) is 62.0 Å². The largest absolute Gasteiger partial charge is 0.475 e. The van der Waals surface area contributed by atoms with Crippen LogP contribution in [0.25, 0.3) is 0 Å². The van der Waals surface area contributed by atoms with Gasteiger partial charge in [0, 0.05) is 25.9 Å². The summed E-state index contributed by atoms with van der Waals surface area (Å²) in [7, 11) is 4.40. The Morgan fingerprint density at radius 2 is 0.791 bits per heavy atom. The van der Waals surface area contributed by atoms with E-state index in [0.29, 0.717) is 13.2 Å². The molecule has 2 bridgehead atoms. The molecule has 250 valence electrons. The summed E-state index contributed by atoms with van der Waals surface area (Å²) in [5.74, 6) is 1.81. The maximum atomic E-state index is 6.46. The van der Waals surface area contributed by atoms with Crippen LogP contribution in [0.2, 0.25) is 0 Å². The van der Waals surface area contributed by atoms with Gasteiger partial charge in [-0.25, -0.2) is 0 Å². The van der Waals surface area contributed by atoms with E-state index in [-0.39, 0.29) is 12.5 Å². The lowest BCUT2D eigenvalue weighted by atomic mass is 10.1. The van der Waals surface area contributed by atoms with Gasteiger partial charge in [-0.05, 0) is 51.2 Å². The second-order valence-electron chi connectivity index (χ2n) is 13.1. The third-order valence-corrected chi connectivity index (χ3v) is 9.10. The monoisotopic (exact) mass is 603 g/mol.